The third kappa shape index (κ3) is 3.40. The SMILES string of the molecule is CC(C)C(=O)N1CCC(c2ccc3c(NC4CCOCC4)n[nH]c3n2)C1. The van der Waals surface area contributed by atoms with E-state index in [0.717, 1.165) is 68.1 Å². The Labute approximate surface area is 153 Å². The van der Waals surface area contributed by atoms with Crippen LogP contribution in [-0.2, 0) is 9.53 Å². The Bertz CT molecular complexity index is 781. The van der Waals surface area contributed by atoms with Gasteiger partial charge in [0.05, 0.1) is 5.39 Å². The Hall–Kier alpha value is -2.15. The summed E-state index contributed by atoms with van der Waals surface area (Å²) in [7, 11) is 0. The van der Waals surface area contributed by atoms with Crippen LogP contribution in [0.25, 0.3) is 11.0 Å². The van der Waals surface area contributed by atoms with Gasteiger partial charge in [0.15, 0.2) is 11.5 Å². The molecule has 7 nitrogen and oxygen atoms in total. The zero-order valence-corrected chi connectivity index (χ0v) is 15.5. The third-order valence-electron chi connectivity index (χ3n) is 5.42. The average Bonchev–Trinajstić information content (AvgIpc) is 3.29. The fourth-order valence-electron chi connectivity index (χ4n) is 3.86. The van der Waals surface area contributed by atoms with Crippen LogP contribution >= 0.6 is 0 Å². The fraction of sp³-hybridized carbons (Fsp3) is 0.632. The van der Waals surface area contributed by atoms with E-state index in [9.17, 15) is 4.79 Å². The molecule has 140 valence electrons. The molecule has 0 spiro atoms. The molecule has 1 atom stereocenters. The van der Waals surface area contributed by atoms with E-state index < -0.39 is 0 Å². The van der Waals surface area contributed by atoms with Crippen LogP contribution in [-0.4, -0.2) is 58.3 Å². The Morgan fingerprint density at radius 1 is 1.31 bits per heavy atom. The monoisotopic (exact) mass is 357 g/mol. The van der Waals surface area contributed by atoms with Gasteiger partial charge in [-0.1, -0.05) is 13.8 Å². The minimum atomic E-state index is 0.0515. The van der Waals surface area contributed by atoms with Crippen molar-refractivity contribution < 1.29 is 9.53 Å². The molecule has 0 saturated carbocycles. The number of fused-ring (bicyclic) bond motifs is 1. The Balaban J connectivity index is 1.47. The molecule has 26 heavy (non-hydrogen) atoms. The molecule has 2 N–H and O–H groups in total. The van der Waals surface area contributed by atoms with Crippen LogP contribution in [0.2, 0.25) is 0 Å². The number of anilines is 1. The van der Waals surface area contributed by atoms with Gasteiger partial charge in [-0.15, -0.1) is 0 Å². The van der Waals surface area contributed by atoms with E-state index in [2.05, 4.69) is 27.6 Å². The van der Waals surface area contributed by atoms with Crippen molar-refractivity contribution in [3.63, 3.8) is 0 Å². The van der Waals surface area contributed by atoms with Crippen molar-refractivity contribution >= 4 is 22.8 Å². The Kier molecular flexibility index (Phi) is 4.80. The molecule has 2 saturated heterocycles. The van der Waals surface area contributed by atoms with Crippen molar-refractivity contribution in [2.24, 2.45) is 5.92 Å². The van der Waals surface area contributed by atoms with E-state index in [1.165, 1.54) is 0 Å². The summed E-state index contributed by atoms with van der Waals surface area (Å²) < 4.78 is 5.41. The lowest BCUT2D eigenvalue weighted by atomic mass is 10.0. The summed E-state index contributed by atoms with van der Waals surface area (Å²) in [6, 6.07) is 4.58. The number of ether oxygens (including phenoxy) is 1. The van der Waals surface area contributed by atoms with Crippen molar-refractivity contribution in [1.82, 2.24) is 20.1 Å². The quantitative estimate of drug-likeness (QED) is 0.878. The first-order valence-corrected chi connectivity index (χ1v) is 9.60. The molecule has 4 heterocycles. The number of hydrogen-bond donors (Lipinski definition) is 2. The molecule has 2 aliphatic heterocycles. The van der Waals surface area contributed by atoms with Crippen LogP contribution in [0.3, 0.4) is 0 Å². The van der Waals surface area contributed by atoms with Gasteiger partial charge in [0.1, 0.15) is 0 Å². The third-order valence-corrected chi connectivity index (χ3v) is 5.42. The predicted molar refractivity (Wildman–Crippen MR) is 100 cm³/mol. The van der Waals surface area contributed by atoms with Crippen LogP contribution in [0.15, 0.2) is 12.1 Å². The Morgan fingerprint density at radius 3 is 2.88 bits per heavy atom. The summed E-state index contributed by atoms with van der Waals surface area (Å²) in [6.07, 6.45) is 2.97. The minimum absolute atomic E-state index is 0.0515. The first-order chi connectivity index (χ1) is 12.6. The summed E-state index contributed by atoms with van der Waals surface area (Å²) in [5.74, 6) is 1.46. The lowest BCUT2D eigenvalue weighted by Gasteiger charge is -2.23. The summed E-state index contributed by atoms with van der Waals surface area (Å²) in [6.45, 7) is 7.10. The van der Waals surface area contributed by atoms with E-state index in [1.54, 1.807) is 0 Å². The number of aromatic amines is 1. The number of carbonyl (C=O) groups is 1. The second-order valence-electron chi connectivity index (χ2n) is 7.66. The molecule has 1 unspecified atom stereocenters. The van der Waals surface area contributed by atoms with Crippen molar-refractivity contribution in [1.29, 1.82) is 0 Å². The second-order valence-corrected chi connectivity index (χ2v) is 7.66. The van der Waals surface area contributed by atoms with E-state index in [-0.39, 0.29) is 11.8 Å². The average molecular weight is 357 g/mol. The van der Waals surface area contributed by atoms with Gasteiger partial charge in [0, 0.05) is 49.9 Å². The van der Waals surface area contributed by atoms with Crippen molar-refractivity contribution in [3.8, 4) is 0 Å². The molecule has 0 aliphatic carbocycles. The predicted octanol–water partition coefficient (Wildman–Crippen LogP) is 2.52. The van der Waals surface area contributed by atoms with Crippen LogP contribution in [0, 0.1) is 5.92 Å². The van der Waals surface area contributed by atoms with Crippen molar-refractivity contribution in [2.75, 3.05) is 31.6 Å². The van der Waals surface area contributed by atoms with Crippen molar-refractivity contribution in [2.45, 2.75) is 45.1 Å². The molecule has 7 heteroatoms. The van der Waals surface area contributed by atoms with Gasteiger partial charge in [0.2, 0.25) is 5.91 Å². The number of carbonyl (C=O) groups excluding carboxylic acids is 1. The summed E-state index contributed by atoms with van der Waals surface area (Å²) in [5, 5.41) is 12.0. The topological polar surface area (TPSA) is 83.1 Å². The van der Waals surface area contributed by atoms with E-state index in [0.29, 0.717) is 12.0 Å². The highest BCUT2D eigenvalue weighted by Crippen LogP contribution is 2.29. The standard InChI is InChI=1S/C19H27N5O2/c1-12(2)19(25)24-8-5-13(11-24)16-4-3-15-17(22-23-18(15)21-16)20-14-6-9-26-10-7-14/h3-4,12-14H,5-11H2,1-2H3,(H2,20,21,22,23). The molecule has 2 fully saturated rings. The lowest BCUT2D eigenvalue weighted by Crippen LogP contribution is -2.32. The Morgan fingerprint density at radius 2 is 2.12 bits per heavy atom. The number of rotatable bonds is 4. The minimum Gasteiger partial charge on any atom is -0.381 e. The molecular formula is C19H27N5O2. The summed E-state index contributed by atoms with van der Waals surface area (Å²) in [4.78, 5) is 19.0. The number of hydrogen-bond acceptors (Lipinski definition) is 5. The number of H-pyrrole nitrogens is 1. The molecule has 2 aliphatic rings. The van der Waals surface area contributed by atoms with Gasteiger partial charge in [-0.05, 0) is 31.4 Å². The molecule has 2 aromatic heterocycles. The molecule has 2 aromatic rings. The molecule has 0 bridgehead atoms. The van der Waals surface area contributed by atoms with Crippen LogP contribution in [0.5, 0.6) is 0 Å². The number of aromatic nitrogens is 3. The number of nitrogens with one attached hydrogen (secondary N) is 2. The smallest absolute Gasteiger partial charge is 0.225 e. The van der Waals surface area contributed by atoms with Gasteiger partial charge in [-0.2, -0.15) is 5.10 Å². The summed E-state index contributed by atoms with van der Waals surface area (Å²) >= 11 is 0. The first kappa shape index (κ1) is 17.3. The molecule has 0 radical (unpaired) electrons. The normalized spacial score (nSPS) is 21.7. The van der Waals surface area contributed by atoms with Crippen LogP contribution in [0.4, 0.5) is 5.82 Å². The fourth-order valence-corrected chi connectivity index (χ4v) is 3.86. The van der Waals surface area contributed by atoms with Crippen LogP contribution in [0.1, 0.15) is 44.7 Å². The largest absolute Gasteiger partial charge is 0.381 e. The number of likely N-dealkylation sites (tertiary alicyclic amines) is 1. The number of nitrogens with zero attached hydrogens (tertiary/aromatic N) is 3. The maximum atomic E-state index is 12.2. The highest BCUT2D eigenvalue weighted by molar-refractivity contribution is 5.87. The van der Waals surface area contributed by atoms with Gasteiger partial charge in [0.25, 0.3) is 0 Å². The maximum Gasteiger partial charge on any atom is 0.225 e. The molecule has 0 aromatic carbocycles. The van der Waals surface area contributed by atoms with E-state index in [1.807, 2.05) is 18.7 Å². The highest BCUT2D eigenvalue weighted by Gasteiger charge is 2.29. The molecule has 4 rings (SSSR count). The van der Waals surface area contributed by atoms with Gasteiger partial charge in [-0.25, -0.2) is 4.98 Å². The van der Waals surface area contributed by atoms with Gasteiger partial charge in [-0.3, -0.25) is 9.89 Å². The van der Waals surface area contributed by atoms with Gasteiger partial charge < -0.3 is 15.0 Å². The second kappa shape index (κ2) is 7.23. The zero-order chi connectivity index (χ0) is 18.1. The van der Waals surface area contributed by atoms with Gasteiger partial charge >= 0.3 is 0 Å². The number of amides is 1. The summed E-state index contributed by atoms with van der Waals surface area (Å²) in [5.41, 5.74) is 1.85. The molecular weight excluding hydrogens is 330 g/mol. The van der Waals surface area contributed by atoms with E-state index >= 15 is 0 Å². The van der Waals surface area contributed by atoms with Crippen molar-refractivity contribution in [3.05, 3.63) is 17.8 Å². The van der Waals surface area contributed by atoms with E-state index in [4.69, 9.17) is 9.72 Å². The first-order valence-electron chi connectivity index (χ1n) is 9.60. The molecule has 1 amide bonds. The zero-order valence-electron chi connectivity index (χ0n) is 15.5. The highest BCUT2D eigenvalue weighted by atomic mass is 16.5. The number of pyridine rings is 1. The van der Waals surface area contributed by atoms with Crippen LogP contribution < -0.4 is 5.32 Å². The lowest BCUT2D eigenvalue weighted by molar-refractivity contribution is -0.133. The maximum absolute atomic E-state index is 12.2.